The lowest BCUT2D eigenvalue weighted by Gasteiger charge is -2.20. The molecule has 0 radical (unpaired) electrons. The van der Waals surface area contributed by atoms with Gasteiger partial charge in [-0.05, 0) is 36.1 Å². The van der Waals surface area contributed by atoms with E-state index in [-0.39, 0.29) is 5.69 Å². The molecule has 1 aliphatic heterocycles. The molecule has 2 atom stereocenters. The van der Waals surface area contributed by atoms with Gasteiger partial charge in [0.05, 0.1) is 0 Å². The summed E-state index contributed by atoms with van der Waals surface area (Å²) < 4.78 is 0. The zero-order valence-corrected chi connectivity index (χ0v) is 11.8. The summed E-state index contributed by atoms with van der Waals surface area (Å²) in [5.74, 6) is 1.42. The van der Waals surface area contributed by atoms with Crippen molar-refractivity contribution >= 4 is 22.6 Å². The molecular weight excluding hydrogens is 264 g/mol. The lowest BCUT2D eigenvalue weighted by Crippen LogP contribution is -2.23. The Kier molecular flexibility index (Phi) is 2.84. The van der Waals surface area contributed by atoms with E-state index in [0.29, 0.717) is 0 Å². The minimum Gasteiger partial charge on any atom is -0.477 e. The molecule has 1 aromatic carbocycles. The van der Waals surface area contributed by atoms with Crippen molar-refractivity contribution in [1.29, 1.82) is 0 Å². The zero-order chi connectivity index (χ0) is 14.4. The van der Waals surface area contributed by atoms with Gasteiger partial charge in [-0.25, -0.2) is 9.78 Å². The smallest absolute Gasteiger partial charge is 0.354 e. The Labute approximate surface area is 123 Å². The SMILES string of the molecule is O=C(O)c1cc2ccccc2c(N2CC3CCCC3C2)n1. The lowest BCUT2D eigenvalue weighted by molar-refractivity contribution is 0.0691. The number of benzene rings is 1. The molecule has 1 saturated carbocycles. The summed E-state index contributed by atoms with van der Waals surface area (Å²) in [6.07, 6.45) is 3.95. The number of carboxylic acids is 1. The molecular formula is C17H18N2O2. The number of aromatic nitrogens is 1. The first-order valence-electron chi connectivity index (χ1n) is 7.60. The number of nitrogens with zero attached hydrogens (tertiary/aromatic N) is 2. The molecule has 1 aromatic heterocycles. The van der Waals surface area contributed by atoms with Gasteiger partial charge in [0.2, 0.25) is 0 Å². The fraction of sp³-hybridized carbons (Fsp3) is 0.412. The first-order valence-corrected chi connectivity index (χ1v) is 7.60. The average molecular weight is 282 g/mol. The molecule has 4 nitrogen and oxygen atoms in total. The molecule has 1 N–H and O–H groups in total. The van der Waals surface area contributed by atoms with E-state index in [1.807, 2.05) is 24.3 Å². The predicted molar refractivity (Wildman–Crippen MR) is 81.7 cm³/mol. The highest BCUT2D eigenvalue weighted by Crippen LogP contribution is 2.40. The number of aromatic carboxylic acids is 1. The minimum absolute atomic E-state index is 0.140. The second-order valence-corrected chi connectivity index (χ2v) is 6.21. The highest BCUT2D eigenvalue weighted by molar-refractivity contribution is 5.98. The van der Waals surface area contributed by atoms with Crippen molar-refractivity contribution in [3.63, 3.8) is 0 Å². The van der Waals surface area contributed by atoms with Crippen LogP contribution in [0.15, 0.2) is 30.3 Å². The number of hydrogen-bond donors (Lipinski definition) is 1. The van der Waals surface area contributed by atoms with Crippen LogP contribution in [0.2, 0.25) is 0 Å². The van der Waals surface area contributed by atoms with Crippen LogP contribution in [0.3, 0.4) is 0 Å². The fourth-order valence-corrected chi connectivity index (χ4v) is 3.94. The maximum Gasteiger partial charge on any atom is 0.354 e. The molecule has 2 heterocycles. The van der Waals surface area contributed by atoms with Crippen molar-refractivity contribution in [2.24, 2.45) is 11.8 Å². The van der Waals surface area contributed by atoms with E-state index in [1.54, 1.807) is 6.07 Å². The van der Waals surface area contributed by atoms with Gasteiger partial charge in [0, 0.05) is 18.5 Å². The second kappa shape index (κ2) is 4.72. The van der Waals surface area contributed by atoms with E-state index in [2.05, 4.69) is 9.88 Å². The number of anilines is 1. The summed E-state index contributed by atoms with van der Waals surface area (Å²) in [6.45, 7) is 2.04. The van der Waals surface area contributed by atoms with Crippen molar-refractivity contribution in [3.8, 4) is 0 Å². The largest absolute Gasteiger partial charge is 0.477 e. The lowest BCUT2D eigenvalue weighted by atomic mass is 10.0. The Morgan fingerprint density at radius 2 is 1.90 bits per heavy atom. The van der Waals surface area contributed by atoms with E-state index in [4.69, 9.17) is 0 Å². The molecule has 4 heteroatoms. The van der Waals surface area contributed by atoms with Gasteiger partial charge >= 0.3 is 5.97 Å². The van der Waals surface area contributed by atoms with Crippen LogP contribution in [0, 0.1) is 11.8 Å². The molecule has 108 valence electrons. The molecule has 1 saturated heterocycles. The highest BCUT2D eigenvalue weighted by atomic mass is 16.4. The molecule has 0 spiro atoms. The van der Waals surface area contributed by atoms with Gasteiger partial charge in [0.25, 0.3) is 0 Å². The molecule has 21 heavy (non-hydrogen) atoms. The Bertz CT molecular complexity index is 701. The average Bonchev–Trinajstić information content (AvgIpc) is 3.07. The number of fused-ring (bicyclic) bond motifs is 2. The zero-order valence-electron chi connectivity index (χ0n) is 11.8. The van der Waals surface area contributed by atoms with Gasteiger partial charge < -0.3 is 10.0 Å². The standard InChI is InChI=1S/C17H18N2O2/c20-17(21)15-8-11-4-1-2-7-14(11)16(18-15)19-9-12-5-3-6-13(12)10-19/h1-2,4,7-8,12-13H,3,5-6,9-10H2,(H,20,21). The Morgan fingerprint density at radius 3 is 2.62 bits per heavy atom. The quantitative estimate of drug-likeness (QED) is 0.919. The summed E-state index contributed by atoms with van der Waals surface area (Å²) in [5.41, 5.74) is 0.140. The Hall–Kier alpha value is -2.10. The first kappa shape index (κ1) is 12.6. The van der Waals surface area contributed by atoms with E-state index in [0.717, 1.165) is 41.5 Å². The number of carbonyl (C=O) groups is 1. The van der Waals surface area contributed by atoms with Gasteiger partial charge in [0.1, 0.15) is 5.82 Å². The van der Waals surface area contributed by atoms with Gasteiger partial charge in [-0.15, -0.1) is 0 Å². The van der Waals surface area contributed by atoms with Crippen LogP contribution in [0.4, 0.5) is 5.82 Å². The van der Waals surface area contributed by atoms with Crippen molar-refractivity contribution < 1.29 is 9.90 Å². The highest BCUT2D eigenvalue weighted by Gasteiger charge is 2.37. The third kappa shape index (κ3) is 2.06. The topological polar surface area (TPSA) is 53.4 Å². The minimum atomic E-state index is -0.957. The van der Waals surface area contributed by atoms with Crippen LogP contribution in [0.1, 0.15) is 29.8 Å². The monoisotopic (exact) mass is 282 g/mol. The molecule has 2 unspecified atom stereocenters. The fourth-order valence-electron chi connectivity index (χ4n) is 3.94. The van der Waals surface area contributed by atoms with Gasteiger partial charge in [0.15, 0.2) is 5.69 Å². The summed E-state index contributed by atoms with van der Waals surface area (Å²) in [4.78, 5) is 18.1. The maximum absolute atomic E-state index is 11.3. The van der Waals surface area contributed by atoms with E-state index in [9.17, 15) is 9.90 Å². The van der Waals surface area contributed by atoms with Crippen LogP contribution in [-0.2, 0) is 0 Å². The number of rotatable bonds is 2. The predicted octanol–water partition coefficient (Wildman–Crippen LogP) is 3.17. The second-order valence-electron chi connectivity index (χ2n) is 6.21. The van der Waals surface area contributed by atoms with Crippen LogP contribution in [-0.4, -0.2) is 29.1 Å². The summed E-state index contributed by atoms with van der Waals surface area (Å²) >= 11 is 0. The molecule has 2 aromatic rings. The summed E-state index contributed by atoms with van der Waals surface area (Å²) in [7, 11) is 0. The normalized spacial score (nSPS) is 24.5. The Morgan fingerprint density at radius 1 is 1.19 bits per heavy atom. The van der Waals surface area contributed by atoms with Crippen LogP contribution < -0.4 is 4.90 Å². The van der Waals surface area contributed by atoms with Crippen LogP contribution in [0.5, 0.6) is 0 Å². The molecule has 2 fully saturated rings. The van der Waals surface area contributed by atoms with E-state index < -0.39 is 5.97 Å². The maximum atomic E-state index is 11.3. The molecule has 0 bridgehead atoms. The third-order valence-electron chi connectivity index (χ3n) is 4.97. The molecule has 1 aliphatic carbocycles. The third-order valence-corrected chi connectivity index (χ3v) is 4.97. The van der Waals surface area contributed by atoms with Crippen molar-refractivity contribution in [2.75, 3.05) is 18.0 Å². The summed E-state index contributed by atoms with van der Waals surface area (Å²) in [6, 6.07) is 9.60. The van der Waals surface area contributed by atoms with Gasteiger partial charge in [-0.3, -0.25) is 0 Å². The summed E-state index contributed by atoms with van der Waals surface area (Å²) in [5, 5.41) is 11.3. The molecule has 4 rings (SSSR count). The Balaban J connectivity index is 1.81. The van der Waals surface area contributed by atoms with Crippen molar-refractivity contribution in [1.82, 2.24) is 4.98 Å². The van der Waals surface area contributed by atoms with Crippen molar-refractivity contribution in [3.05, 3.63) is 36.0 Å². The van der Waals surface area contributed by atoms with Gasteiger partial charge in [-0.2, -0.15) is 0 Å². The molecule has 0 amide bonds. The van der Waals surface area contributed by atoms with Crippen molar-refractivity contribution in [2.45, 2.75) is 19.3 Å². The molecule has 2 aliphatic rings. The number of pyridine rings is 1. The van der Waals surface area contributed by atoms with Gasteiger partial charge in [-0.1, -0.05) is 30.7 Å². The van der Waals surface area contributed by atoms with Crippen LogP contribution in [0.25, 0.3) is 10.8 Å². The van der Waals surface area contributed by atoms with E-state index in [1.165, 1.54) is 19.3 Å². The number of hydrogen-bond acceptors (Lipinski definition) is 3. The van der Waals surface area contributed by atoms with Crippen LogP contribution >= 0.6 is 0 Å². The number of carboxylic acid groups (broad SMARTS) is 1. The first-order chi connectivity index (χ1) is 10.2. The van der Waals surface area contributed by atoms with E-state index >= 15 is 0 Å².